The summed E-state index contributed by atoms with van der Waals surface area (Å²) in [6, 6.07) is 11.7. The van der Waals surface area contributed by atoms with Crippen molar-refractivity contribution in [2.24, 2.45) is 0 Å². The Bertz CT molecular complexity index is 490. The van der Waals surface area contributed by atoms with Crippen molar-refractivity contribution in [2.45, 2.75) is 45.6 Å². The first-order valence-corrected chi connectivity index (χ1v) is 8.52. The maximum absolute atomic E-state index is 3.70. The van der Waals surface area contributed by atoms with Crippen LogP contribution in [0.2, 0.25) is 0 Å². The number of hydrogen-bond acceptors (Lipinski definition) is 2. The lowest BCUT2D eigenvalue weighted by atomic mass is 9.99. The van der Waals surface area contributed by atoms with Crippen LogP contribution in [0.3, 0.4) is 0 Å². The van der Waals surface area contributed by atoms with E-state index in [1.807, 2.05) is 0 Å². The molecule has 0 aliphatic rings. The molecule has 1 N–H and O–H groups in total. The van der Waals surface area contributed by atoms with Gasteiger partial charge in [-0.3, -0.25) is 0 Å². The molecule has 0 bridgehead atoms. The molecule has 0 aliphatic heterocycles. The van der Waals surface area contributed by atoms with E-state index in [1.165, 1.54) is 36.0 Å². The summed E-state index contributed by atoms with van der Waals surface area (Å²) in [6.45, 7) is 5.51. The molecule has 0 saturated carbocycles. The number of benzene rings is 1. The van der Waals surface area contributed by atoms with E-state index in [4.69, 9.17) is 0 Å². The van der Waals surface area contributed by atoms with Crippen LogP contribution in [0.15, 0.2) is 41.1 Å². The first-order valence-electron chi connectivity index (χ1n) is 7.58. The maximum atomic E-state index is 3.70. The molecule has 0 spiro atoms. The predicted octanol–water partition coefficient (Wildman–Crippen LogP) is 4.60. The number of thiophene rings is 1. The van der Waals surface area contributed by atoms with Crippen LogP contribution in [0.25, 0.3) is 0 Å². The van der Waals surface area contributed by atoms with E-state index in [0.717, 1.165) is 13.0 Å². The van der Waals surface area contributed by atoms with Gasteiger partial charge in [0.1, 0.15) is 0 Å². The van der Waals surface area contributed by atoms with E-state index in [1.54, 1.807) is 11.3 Å². The Morgan fingerprint density at radius 3 is 2.80 bits per heavy atom. The summed E-state index contributed by atoms with van der Waals surface area (Å²) in [5, 5.41) is 8.14. The standard InChI is InChI=1S/C18H25NS/c1-3-10-19-18(8-7-16-9-11-20-14-16)13-17-6-4-5-15(2)12-17/h4-6,9,11-12,14,18-19H,3,7-8,10,13H2,1-2H3. The van der Waals surface area contributed by atoms with Crippen LogP contribution in [0.4, 0.5) is 0 Å². The molecule has 1 atom stereocenters. The lowest BCUT2D eigenvalue weighted by Crippen LogP contribution is -2.32. The van der Waals surface area contributed by atoms with E-state index in [-0.39, 0.29) is 0 Å². The zero-order valence-corrected chi connectivity index (χ0v) is 13.4. The van der Waals surface area contributed by atoms with Gasteiger partial charge >= 0.3 is 0 Å². The Balaban J connectivity index is 1.92. The Morgan fingerprint density at radius 2 is 2.10 bits per heavy atom. The van der Waals surface area contributed by atoms with Crippen molar-refractivity contribution in [3.8, 4) is 0 Å². The SMILES string of the molecule is CCCNC(CCc1ccsc1)Cc1cccc(C)c1. The lowest BCUT2D eigenvalue weighted by molar-refractivity contribution is 0.478. The minimum atomic E-state index is 0.580. The summed E-state index contributed by atoms with van der Waals surface area (Å²) >= 11 is 1.79. The second-order valence-electron chi connectivity index (χ2n) is 5.51. The monoisotopic (exact) mass is 287 g/mol. The first-order chi connectivity index (χ1) is 9.78. The smallest absolute Gasteiger partial charge is 0.0111 e. The van der Waals surface area contributed by atoms with Gasteiger partial charge in [0, 0.05) is 6.04 Å². The maximum Gasteiger partial charge on any atom is 0.0111 e. The van der Waals surface area contributed by atoms with Gasteiger partial charge in [0.05, 0.1) is 0 Å². The van der Waals surface area contributed by atoms with Gasteiger partial charge in [-0.25, -0.2) is 0 Å². The third-order valence-corrected chi connectivity index (χ3v) is 4.34. The molecule has 2 aromatic rings. The molecule has 1 unspecified atom stereocenters. The molecule has 0 saturated heterocycles. The molecule has 2 heteroatoms. The van der Waals surface area contributed by atoms with Crippen LogP contribution in [0.1, 0.15) is 36.5 Å². The molecule has 108 valence electrons. The lowest BCUT2D eigenvalue weighted by Gasteiger charge is -2.18. The number of rotatable bonds is 8. The van der Waals surface area contributed by atoms with Gasteiger partial charge in [-0.2, -0.15) is 11.3 Å². The highest BCUT2D eigenvalue weighted by molar-refractivity contribution is 7.07. The van der Waals surface area contributed by atoms with E-state index in [0.29, 0.717) is 6.04 Å². The molecule has 1 heterocycles. The summed E-state index contributed by atoms with van der Waals surface area (Å²) in [5.41, 5.74) is 4.28. The number of hydrogen-bond donors (Lipinski definition) is 1. The molecule has 0 aliphatic carbocycles. The fourth-order valence-corrected chi connectivity index (χ4v) is 3.23. The van der Waals surface area contributed by atoms with Crippen molar-refractivity contribution >= 4 is 11.3 Å². The molecule has 20 heavy (non-hydrogen) atoms. The highest BCUT2D eigenvalue weighted by atomic mass is 32.1. The fraction of sp³-hybridized carbons (Fsp3) is 0.444. The fourth-order valence-electron chi connectivity index (χ4n) is 2.52. The second kappa shape index (κ2) is 8.23. The summed E-state index contributed by atoms with van der Waals surface area (Å²) in [7, 11) is 0. The van der Waals surface area contributed by atoms with Gasteiger partial charge in [-0.15, -0.1) is 0 Å². The van der Waals surface area contributed by atoms with Crippen LogP contribution in [0, 0.1) is 6.92 Å². The quantitative estimate of drug-likeness (QED) is 0.748. The third-order valence-electron chi connectivity index (χ3n) is 3.61. The molecule has 0 fully saturated rings. The zero-order valence-electron chi connectivity index (χ0n) is 12.6. The van der Waals surface area contributed by atoms with Crippen molar-refractivity contribution in [3.63, 3.8) is 0 Å². The van der Waals surface area contributed by atoms with E-state index < -0.39 is 0 Å². The first kappa shape index (κ1) is 15.3. The van der Waals surface area contributed by atoms with Gasteiger partial charge in [0.25, 0.3) is 0 Å². The van der Waals surface area contributed by atoms with Crippen LogP contribution in [-0.4, -0.2) is 12.6 Å². The normalized spacial score (nSPS) is 12.5. The summed E-state index contributed by atoms with van der Waals surface area (Å²) in [6.07, 6.45) is 4.72. The molecular weight excluding hydrogens is 262 g/mol. The van der Waals surface area contributed by atoms with Crippen LogP contribution in [-0.2, 0) is 12.8 Å². The molecule has 1 aromatic carbocycles. The van der Waals surface area contributed by atoms with Crippen molar-refractivity contribution in [1.82, 2.24) is 5.32 Å². The molecule has 0 amide bonds. The van der Waals surface area contributed by atoms with Gasteiger partial charge in [-0.1, -0.05) is 36.8 Å². The largest absolute Gasteiger partial charge is 0.314 e. The Kier molecular flexibility index (Phi) is 6.28. The number of nitrogens with one attached hydrogen (secondary N) is 1. The van der Waals surface area contributed by atoms with Gasteiger partial charge in [-0.05, 0) is 67.1 Å². The average molecular weight is 287 g/mol. The van der Waals surface area contributed by atoms with Crippen LogP contribution >= 0.6 is 11.3 Å². The minimum Gasteiger partial charge on any atom is -0.314 e. The van der Waals surface area contributed by atoms with E-state index in [9.17, 15) is 0 Å². The predicted molar refractivity (Wildman–Crippen MR) is 89.6 cm³/mol. The summed E-state index contributed by atoms with van der Waals surface area (Å²) < 4.78 is 0. The van der Waals surface area contributed by atoms with Gasteiger partial charge < -0.3 is 5.32 Å². The third kappa shape index (κ3) is 5.10. The van der Waals surface area contributed by atoms with Crippen LogP contribution in [0.5, 0.6) is 0 Å². The van der Waals surface area contributed by atoms with Gasteiger partial charge in [0.2, 0.25) is 0 Å². The summed E-state index contributed by atoms with van der Waals surface area (Å²) in [5.74, 6) is 0. The zero-order chi connectivity index (χ0) is 14.2. The average Bonchev–Trinajstić information content (AvgIpc) is 2.95. The Hall–Kier alpha value is -1.12. The van der Waals surface area contributed by atoms with Crippen LogP contribution < -0.4 is 5.32 Å². The molecule has 1 aromatic heterocycles. The second-order valence-corrected chi connectivity index (χ2v) is 6.29. The summed E-state index contributed by atoms with van der Waals surface area (Å²) in [4.78, 5) is 0. The van der Waals surface area contributed by atoms with Crippen molar-refractivity contribution in [3.05, 3.63) is 57.8 Å². The highest BCUT2D eigenvalue weighted by Gasteiger charge is 2.09. The molecular formula is C18H25NS. The van der Waals surface area contributed by atoms with Crippen molar-refractivity contribution in [2.75, 3.05) is 6.54 Å². The van der Waals surface area contributed by atoms with E-state index >= 15 is 0 Å². The topological polar surface area (TPSA) is 12.0 Å². The Morgan fingerprint density at radius 1 is 1.20 bits per heavy atom. The van der Waals surface area contributed by atoms with Crippen molar-refractivity contribution < 1.29 is 0 Å². The van der Waals surface area contributed by atoms with Crippen molar-refractivity contribution in [1.29, 1.82) is 0 Å². The van der Waals surface area contributed by atoms with E-state index in [2.05, 4.69) is 60.3 Å². The molecule has 1 nitrogen and oxygen atoms in total. The minimum absolute atomic E-state index is 0.580. The molecule has 0 radical (unpaired) electrons. The Labute approximate surface area is 127 Å². The van der Waals surface area contributed by atoms with Gasteiger partial charge in [0.15, 0.2) is 0 Å². The molecule has 2 rings (SSSR count). The highest BCUT2D eigenvalue weighted by Crippen LogP contribution is 2.13. The number of aryl methyl sites for hydroxylation is 2.